The fraction of sp³-hybridized carbons (Fsp3) is 0.467. The van der Waals surface area contributed by atoms with Gasteiger partial charge in [-0.2, -0.15) is 9.78 Å². The molecule has 1 unspecified atom stereocenters. The lowest BCUT2D eigenvalue weighted by atomic mass is 10.1. The minimum absolute atomic E-state index is 0.0885. The molecule has 6 nitrogen and oxygen atoms in total. The molecule has 1 aliphatic rings. The Morgan fingerprint density at radius 3 is 2.86 bits per heavy atom. The van der Waals surface area contributed by atoms with Crippen molar-refractivity contribution in [3.63, 3.8) is 0 Å². The van der Waals surface area contributed by atoms with Crippen molar-refractivity contribution in [3.8, 4) is 5.82 Å². The highest BCUT2D eigenvalue weighted by Gasteiger charge is 2.29. The fourth-order valence-electron chi connectivity index (χ4n) is 2.12. The van der Waals surface area contributed by atoms with Gasteiger partial charge in [-0.15, -0.1) is 0 Å². The molecule has 1 amide bonds. The number of hydrogen-bond acceptors (Lipinski definition) is 4. The van der Waals surface area contributed by atoms with E-state index in [2.05, 4.69) is 34.2 Å². The first-order valence-corrected chi connectivity index (χ1v) is 7.36. The predicted octanol–water partition coefficient (Wildman–Crippen LogP) is 2.52. The monoisotopic (exact) mass is 285 g/mol. The molecule has 1 aliphatic carbocycles. The highest BCUT2D eigenvalue weighted by molar-refractivity contribution is 5.93. The van der Waals surface area contributed by atoms with Gasteiger partial charge in [-0.05, 0) is 31.4 Å². The van der Waals surface area contributed by atoms with Crippen LogP contribution < -0.4 is 5.32 Å². The van der Waals surface area contributed by atoms with E-state index in [4.69, 9.17) is 0 Å². The molecule has 110 valence electrons. The zero-order chi connectivity index (χ0) is 14.8. The van der Waals surface area contributed by atoms with Gasteiger partial charge < -0.3 is 5.32 Å². The molecule has 0 radical (unpaired) electrons. The van der Waals surface area contributed by atoms with Crippen molar-refractivity contribution >= 4 is 11.6 Å². The predicted molar refractivity (Wildman–Crippen MR) is 79.2 cm³/mol. The van der Waals surface area contributed by atoms with Crippen molar-refractivity contribution in [1.82, 2.24) is 19.7 Å². The van der Waals surface area contributed by atoms with Gasteiger partial charge in [0, 0.05) is 11.8 Å². The number of carbonyl (C=O) groups is 1. The van der Waals surface area contributed by atoms with Gasteiger partial charge in [0.05, 0.1) is 11.9 Å². The quantitative estimate of drug-likeness (QED) is 0.916. The van der Waals surface area contributed by atoms with Crippen LogP contribution in [0.15, 0.2) is 24.7 Å². The number of rotatable bonds is 5. The molecule has 2 aromatic heterocycles. The van der Waals surface area contributed by atoms with Gasteiger partial charge in [0.2, 0.25) is 5.91 Å². The SMILES string of the molecule is CCC(C)c1ncnn1-c1ccc(NC(=O)C2CC2)cn1. The zero-order valence-corrected chi connectivity index (χ0v) is 12.3. The van der Waals surface area contributed by atoms with E-state index in [1.54, 1.807) is 17.2 Å². The van der Waals surface area contributed by atoms with Gasteiger partial charge in [-0.3, -0.25) is 4.79 Å². The van der Waals surface area contributed by atoms with Crippen molar-refractivity contribution in [1.29, 1.82) is 0 Å². The summed E-state index contributed by atoms with van der Waals surface area (Å²) in [4.78, 5) is 20.4. The zero-order valence-electron chi connectivity index (χ0n) is 12.3. The Bertz CT molecular complexity index is 630. The van der Waals surface area contributed by atoms with E-state index >= 15 is 0 Å². The first-order chi connectivity index (χ1) is 10.2. The van der Waals surface area contributed by atoms with Gasteiger partial charge in [0.1, 0.15) is 12.2 Å². The van der Waals surface area contributed by atoms with Crippen molar-refractivity contribution in [2.75, 3.05) is 5.32 Å². The van der Waals surface area contributed by atoms with Crippen LogP contribution in [0.2, 0.25) is 0 Å². The summed E-state index contributed by atoms with van der Waals surface area (Å²) in [5.74, 6) is 2.22. The number of nitrogens with zero attached hydrogens (tertiary/aromatic N) is 4. The molecule has 1 saturated carbocycles. The smallest absolute Gasteiger partial charge is 0.227 e. The maximum absolute atomic E-state index is 11.7. The first-order valence-electron chi connectivity index (χ1n) is 7.36. The number of nitrogens with one attached hydrogen (secondary N) is 1. The third kappa shape index (κ3) is 2.94. The summed E-state index contributed by atoms with van der Waals surface area (Å²) in [6.45, 7) is 4.23. The van der Waals surface area contributed by atoms with Crippen molar-refractivity contribution in [3.05, 3.63) is 30.5 Å². The minimum Gasteiger partial charge on any atom is -0.324 e. The molecular weight excluding hydrogens is 266 g/mol. The van der Waals surface area contributed by atoms with Crippen LogP contribution in [0.4, 0.5) is 5.69 Å². The van der Waals surface area contributed by atoms with Gasteiger partial charge >= 0.3 is 0 Å². The summed E-state index contributed by atoms with van der Waals surface area (Å²) in [5.41, 5.74) is 0.723. The normalized spacial score (nSPS) is 15.7. The number of amides is 1. The molecule has 1 fully saturated rings. The molecule has 0 aromatic carbocycles. The van der Waals surface area contributed by atoms with Crippen LogP contribution in [-0.2, 0) is 4.79 Å². The molecule has 1 N–H and O–H groups in total. The Kier molecular flexibility index (Phi) is 3.68. The van der Waals surface area contributed by atoms with Crippen LogP contribution >= 0.6 is 0 Å². The van der Waals surface area contributed by atoms with Crippen molar-refractivity contribution in [2.45, 2.75) is 39.0 Å². The van der Waals surface area contributed by atoms with Crippen LogP contribution in [-0.4, -0.2) is 25.7 Å². The van der Waals surface area contributed by atoms with Crippen LogP contribution in [0.25, 0.3) is 5.82 Å². The minimum atomic E-state index is 0.0885. The molecule has 21 heavy (non-hydrogen) atoms. The van der Waals surface area contributed by atoms with E-state index in [0.29, 0.717) is 11.7 Å². The van der Waals surface area contributed by atoms with Gasteiger partial charge in [0.15, 0.2) is 5.82 Å². The van der Waals surface area contributed by atoms with Crippen LogP contribution in [0.3, 0.4) is 0 Å². The van der Waals surface area contributed by atoms with E-state index < -0.39 is 0 Å². The Labute approximate surface area is 123 Å². The van der Waals surface area contributed by atoms with Crippen LogP contribution in [0.5, 0.6) is 0 Å². The second kappa shape index (κ2) is 5.63. The molecule has 0 aliphatic heterocycles. The number of carbonyl (C=O) groups excluding carboxylic acids is 1. The highest BCUT2D eigenvalue weighted by Crippen LogP contribution is 2.30. The maximum Gasteiger partial charge on any atom is 0.227 e. The molecule has 1 atom stereocenters. The van der Waals surface area contributed by atoms with Gasteiger partial charge in [-0.1, -0.05) is 13.8 Å². The van der Waals surface area contributed by atoms with E-state index in [9.17, 15) is 4.79 Å². The lowest BCUT2D eigenvalue weighted by molar-refractivity contribution is -0.117. The van der Waals surface area contributed by atoms with E-state index in [1.165, 1.54) is 0 Å². The van der Waals surface area contributed by atoms with Crippen LogP contribution in [0.1, 0.15) is 44.9 Å². The molecule has 0 bridgehead atoms. The fourth-order valence-corrected chi connectivity index (χ4v) is 2.12. The lowest BCUT2D eigenvalue weighted by Crippen LogP contribution is -2.14. The summed E-state index contributed by atoms with van der Waals surface area (Å²) >= 11 is 0. The Balaban J connectivity index is 1.77. The Hall–Kier alpha value is -2.24. The second-order valence-electron chi connectivity index (χ2n) is 5.51. The molecule has 0 spiro atoms. The molecule has 2 aromatic rings. The lowest BCUT2D eigenvalue weighted by Gasteiger charge is -2.10. The van der Waals surface area contributed by atoms with Gasteiger partial charge in [0.25, 0.3) is 0 Å². The van der Waals surface area contributed by atoms with E-state index in [-0.39, 0.29) is 11.8 Å². The number of hydrogen-bond donors (Lipinski definition) is 1. The summed E-state index contributed by atoms with van der Waals surface area (Å²) in [5, 5.41) is 7.12. The van der Waals surface area contributed by atoms with Crippen molar-refractivity contribution in [2.24, 2.45) is 5.92 Å². The molecular formula is C15H19N5O. The molecule has 2 heterocycles. The topological polar surface area (TPSA) is 72.7 Å². The Morgan fingerprint density at radius 2 is 2.24 bits per heavy atom. The third-order valence-corrected chi connectivity index (χ3v) is 3.81. The summed E-state index contributed by atoms with van der Waals surface area (Å²) in [7, 11) is 0. The average Bonchev–Trinajstić information content (AvgIpc) is 3.25. The largest absolute Gasteiger partial charge is 0.324 e. The highest BCUT2D eigenvalue weighted by atomic mass is 16.2. The summed E-state index contributed by atoms with van der Waals surface area (Å²) in [6, 6.07) is 3.70. The molecule has 6 heteroatoms. The van der Waals surface area contributed by atoms with E-state index in [0.717, 1.165) is 30.8 Å². The third-order valence-electron chi connectivity index (χ3n) is 3.81. The molecule has 0 saturated heterocycles. The average molecular weight is 285 g/mol. The van der Waals surface area contributed by atoms with Crippen molar-refractivity contribution < 1.29 is 4.79 Å². The van der Waals surface area contributed by atoms with Gasteiger partial charge in [-0.25, -0.2) is 9.97 Å². The number of aromatic nitrogens is 4. The maximum atomic E-state index is 11.7. The number of anilines is 1. The first kappa shape index (κ1) is 13.7. The second-order valence-corrected chi connectivity index (χ2v) is 5.51. The summed E-state index contributed by atoms with van der Waals surface area (Å²) < 4.78 is 1.75. The molecule has 3 rings (SSSR count). The summed E-state index contributed by atoms with van der Waals surface area (Å²) in [6.07, 6.45) is 6.20. The number of pyridine rings is 1. The Morgan fingerprint density at radius 1 is 1.43 bits per heavy atom. The van der Waals surface area contributed by atoms with Crippen LogP contribution in [0, 0.1) is 5.92 Å². The standard InChI is InChI=1S/C15H19N5O/c1-3-10(2)14-17-9-18-20(14)13-7-6-12(8-16-13)19-15(21)11-4-5-11/h6-11H,3-5H2,1-2H3,(H,19,21). The van der Waals surface area contributed by atoms with E-state index in [1.807, 2.05) is 12.1 Å².